The molecule has 7 heteroatoms. The topological polar surface area (TPSA) is 82.5 Å². The average Bonchev–Trinajstić information content (AvgIpc) is 3.34. The Labute approximate surface area is 229 Å². The van der Waals surface area contributed by atoms with Crippen LogP contribution >= 0.6 is 0 Å². The minimum atomic E-state index is -0.448. The molecule has 3 aromatic carbocycles. The van der Waals surface area contributed by atoms with Crippen LogP contribution in [0, 0.1) is 10.1 Å². The molecule has 1 N–H and O–H groups in total. The number of hydrogen-bond acceptors (Lipinski definition) is 4. The fraction of sp³-hybridized carbons (Fsp3) is 0.344. The van der Waals surface area contributed by atoms with Crippen molar-refractivity contribution in [2.75, 3.05) is 20.6 Å². The summed E-state index contributed by atoms with van der Waals surface area (Å²) in [4.78, 5) is 32.8. The number of benzene rings is 3. The Balaban J connectivity index is 1.52. The molecule has 4 aromatic rings. The molecule has 0 fully saturated rings. The van der Waals surface area contributed by atoms with Crippen LogP contribution in [0.5, 0.6) is 0 Å². The number of amides is 1. The summed E-state index contributed by atoms with van der Waals surface area (Å²) in [6, 6.07) is 24.8. The summed E-state index contributed by atoms with van der Waals surface area (Å²) < 4.78 is 0. The first-order valence-electron chi connectivity index (χ1n) is 13.7. The zero-order chi connectivity index (χ0) is 27.6. The fourth-order valence-corrected chi connectivity index (χ4v) is 6.25. The molecule has 0 aliphatic carbocycles. The maximum Gasteiger partial charge on any atom is 0.270 e. The van der Waals surface area contributed by atoms with Gasteiger partial charge in [-0.2, -0.15) is 0 Å². The van der Waals surface area contributed by atoms with Crippen molar-refractivity contribution < 1.29 is 9.72 Å². The molecule has 39 heavy (non-hydrogen) atoms. The normalized spacial score (nSPS) is 16.7. The van der Waals surface area contributed by atoms with Gasteiger partial charge in [0.25, 0.3) is 11.6 Å². The quantitative estimate of drug-likeness (QED) is 0.199. The molecule has 2 heterocycles. The van der Waals surface area contributed by atoms with Crippen LogP contribution < -0.4 is 0 Å². The van der Waals surface area contributed by atoms with E-state index in [0.29, 0.717) is 12.1 Å². The van der Waals surface area contributed by atoms with Gasteiger partial charge >= 0.3 is 0 Å². The second-order valence-electron chi connectivity index (χ2n) is 10.8. The highest BCUT2D eigenvalue weighted by Gasteiger charge is 2.38. The molecule has 0 saturated heterocycles. The Morgan fingerprint density at radius 3 is 2.54 bits per heavy atom. The van der Waals surface area contributed by atoms with Crippen LogP contribution in [-0.4, -0.2) is 51.8 Å². The molecule has 0 saturated carbocycles. The van der Waals surface area contributed by atoms with Gasteiger partial charge in [0.1, 0.15) is 0 Å². The lowest BCUT2D eigenvalue weighted by molar-refractivity contribution is -0.384. The fourth-order valence-electron chi connectivity index (χ4n) is 6.25. The van der Waals surface area contributed by atoms with Gasteiger partial charge in [0.15, 0.2) is 0 Å². The first kappa shape index (κ1) is 26.6. The third-order valence-electron chi connectivity index (χ3n) is 8.59. The van der Waals surface area contributed by atoms with E-state index in [9.17, 15) is 14.9 Å². The van der Waals surface area contributed by atoms with Crippen molar-refractivity contribution in [1.82, 2.24) is 14.8 Å². The van der Waals surface area contributed by atoms with Gasteiger partial charge < -0.3 is 14.8 Å². The highest BCUT2D eigenvalue weighted by Crippen LogP contribution is 2.40. The number of hydrogen-bond donors (Lipinski definition) is 1. The molecule has 202 valence electrons. The van der Waals surface area contributed by atoms with Crippen molar-refractivity contribution in [3.05, 3.63) is 111 Å². The highest BCUT2D eigenvalue weighted by atomic mass is 16.6. The smallest absolute Gasteiger partial charge is 0.270 e. The summed E-state index contributed by atoms with van der Waals surface area (Å²) in [5.74, 6) is -0.164. The highest BCUT2D eigenvalue weighted by molar-refractivity contribution is 5.96. The van der Waals surface area contributed by atoms with E-state index in [0.717, 1.165) is 43.3 Å². The number of aromatic nitrogens is 1. The maximum absolute atomic E-state index is 13.9. The van der Waals surface area contributed by atoms with Crippen molar-refractivity contribution >= 4 is 22.5 Å². The van der Waals surface area contributed by atoms with Crippen LogP contribution in [0.25, 0.3) is 10.9 Å². The van der Waals surface area contributed by atoms with E-state index in [4.69, 9.17) is 0 Å². The van der Waals surface area contributed by atoms with Gasteiger partial charge in [-0.05, 0) is 69.5 Å². The first-order valence-corrected chi connectivity index (χ1v) is 13.7. The summed E-state index contributed by atoms with van der Waals surface area (Å²) in [5.41, 5.74) is 4.95. The van der Waals surface area contributed by atoms with E-state index < -0.39 is 4.92 Å². The molecule has 1 aliphatic heterocycles. The van der Waals surface area contributed by atoms with Gasteiger partial charge in [-0.1, -0.05) is 61.5 Å². The largest absolute Gasteiger partial charge is 0.356 e. The molecular weight excluding hydrogens is 488 g/mol. The van der Waals surface area contributed by atoms with Gasteiger partial charge in [0, 0.05) is 46.4 Å². The van der Waals surface area contributed by atoms with Crippen LogP contribution in [0.15, 0.2) is 78.9 Å². The first-order chi connectivity index (χ1) is 18.8. The summed E-state index contributed by atoms with van der Waals surface area (Å²) in [5, 5.41) is 12.6. The Hall–Kier alpha value is -3.97. The standard InChI is InChI=1S/C32H36N4O3/c1-4-32(34(2)3,22-23-11-6-5-7-12-23)19-17-29-30-27(26-15-8-9-16-28(26)33-30)18-20-35(29)31(37)24-13-10-14-25(21-24)36(38)39/h5-16,21,29,33H,4,17-20,22H2,1-3H3. The second kappa shape index (κ2) is 11.0. The number of non-ortho nitro benzene ring substituents is 1. The van der Waals surface area contributed by atoms with E-state index in [1.165, 1.54) is 28.6 Å². The van der Waals surface area contributed by atoms with Crippen LogP contribution in [0.1, 0.15) is 59.4 Å². The molecule has 1 aromatic heterocycles. The van der Waals surface area contributed by atoms with Crippen molar-refractivity contribution in [2.45, 2.75) is 50.6 Å². The van der Waals surface area contributed by atoms with E-state index >= 15 is 0 Å². The molecule has 1 amide bonds. The Bertz CT molecular complexity index is 1480. The molecule has 0 bridgehead atoms. The number of fused-ring (bicyclic) bond motifs is 3. The zero-order valence-corrected chi connectivity index (χ0v) is 22.9. The van der Waals surface area contributed by atoms with Crippen LogP contribution in [-0.2, 0) is 12.8 Å². The lowest BCUT2D eigenvalue weighted by Crippen LogP contribution is -2.47. The third-order valence-corrected chi connectivity index (χ3v) is 8.59. The lowest BCUT2D eigenvalue weighted by atomic mass is 9.80. The summed E-state index contributed by atoms with van der Waals surface area (Å²) in [6.07, 6.45) is 4.30. The molecule has 5 rings (SSSR count). The number of para-hydroxylation sites is 1. The average molecular weight is 525 g/mol. The molecule has 2 unspecified atom stereocenters. The van der Waals surface area contributed by atoms with E-state index in [1.54, 1.807) is 12.1 Å². The predicted octanol–water partition coefficient (Wildman–Crippen LogP) is 6.55. The number of H-pyrrole nitrogens is 1. The van der Waals surface area contributed by atoms with Gasteiger partial charge in [-0.25, -0.2) is 0 Å². The van der Waals surface area contributed by atoms with Crippen molar-refractivity contribution in [3.8, 4) is 0 Å². The number of carbonyl (C=O) groups is 1. The zero-order valence-electron chi connectivity index (χ0n) is 22.9. The number of likely N-dealkylation sites (N-methyl/N-ethyl adjacent to an activating group) is 1. The molecule has 7 nitrogen and oxygen atoms in total. The van der Waals surface area contributed by atoms with Gasteiger partial charge in [-0.15, -0.1) is 0 Å². The maximum atomic E-state index is 13.9. The molecule has 1 aliphatic rings. The Kier molecular flexibility index (Phi) is 7.53. The monoisotopic (exact) mass is 524 g/mol. The number of nitro benzene ring substituents is 1. The van der Waals surface area contributed by atoms with Gasteiger partial charge in [-0.3, -0.25) is 14.9 Å². The number of rotatable bonds is 9. The Morgan fingerprint density at radius 2 is 1.82 bits per heavy atom. The predicted molar refractivity (Wildman–Crippen MR) is 155 cm³/mol. The molecule has 0 spiro atoms. The van der Waals surface area contributed by atoms with E-state index in [1.807, 2.05) is 17.0 Å². The van der Waals surface area contributed by atoms with E-state index in [2.05, 4.69) is 73.4 Å². The Morgan fingerprint density at radius 1 is 1.08 bits per heavy atom. The third kappa shape index (κ3) is 5.19. The second-order valence-corrected chi connectivity index (χ2v) is 10.8. The van der Waals surface area contributed by atoms with Gasteiger partial charge in [0.2, 0.25) is 0 Å². The number of carbonyl (C=O) groups excluding carboxylic acids is 1. The number of aromatic amines is 1. The van der Waals surface area contributed by atoms with Crippen molar-refractivity contribution in [3.63, 3.8) is 0 Å². The number of nitro groups is 1. The van der Waals surface area contributed by atoms with Crippen LogP contribution in [0.4, 0.5) is 5.69 Å². The molecule has 2 atom stereocenters. The minimum Gasteiger partial charge on any atom is -0.356 e. The van der Waals surface area contributed by atoms with Crippen molar-refractivity contribution in [2.24, 2.45) is 0 Å². The summed E-state index contributed by atoms with van der Waals surface area (Å²) in [7, 11) is 4.29. The van der Waals surface area contributed by atoms with Crippen LogP contribution in [0.2, 0.25) is 0 Å². The number of nitrogens with zero attached hydrogens (tertiary/aromatic N) is 3. The summed E-state index contributed by atoms with van der Waals surface area (Å²) >= 11 is 0. The molecular formula is C32H36N4O3. The van der Waals surface area contributed by atoms with Crippen molar-refractivity contribution in [1.29, 1.82) is 0 Å². The SMILES string of the molecule is CCC(CCC1c2[nH]c3ccccc3c2CCN1C(=O)c1cccc([N+](=O)[O-])c1)(Cc1ccccc1)N(C)C. The van der Waals surface area contributed by atoms with E-state index in [-0.39, 0.29) is 23.2 Å². The number of nitrogens with one attached hydrogen (secondary N) is 1. The summed E-state index contributed by atoms with van der Waals surface area (Å²) in [6.45, 7) is 2.81. The minimum absolute atomic E-state index is 0.0684. The van der Waals surface area contributed by atoms with Crippen LogP contribution in [0.3, 0.4) is 0 Å². The molecule has 0 radical (unpaired) electrons. The van der Waals surface area contributed by atoms with Gasteiger partial charge in [0.05, 0.1) is 11.0 Å². The lowest BCUT2D eigenvalue weighted by Gasteiger charge is -2.43.